The molecule has 1 atom stereocenters. The fraction of sp³-hybridized carbons (Fsp3) is 0.308. The maximum absolute atomic E-state index is 13.6. The molecule has 0 bridgehead atoms. The number of nitrogens with zero attached hydrogens (tertiary/aromatic N) is 5. The highest BCUT2D eigenvalue weighted by molar-refractivity contribution is 7.22. The van der Waals surface area contributed by atoms with Gasteiger partial charge in [-0.2, -0.15) is 5.10 Å². The molecule has 3 aliphatic rings. The summed E-state index contributed by atoms with van der Waals surface area (Å²) < 4.78 is 9.28. The summed E-state index contributed by atoms with van der Waals surface area (Å²) in [6.07, 6.45) is 5.87. The number of piperidine rings is 1. The summed E-state index contributed by atoms with van der Waals surface area (Å²) in [7, 11) is 1.79. The van der Waals surface area contributed by atoms with Crippen LogP contribution in [0.3, 0.4) is 0 Å². The quantitative estimate of drug-likeness (QED) is 0.0854. The molecule has 1 unspecified atom stereocenters. The largest absolute Gasteiger partial charge is 0.490 e. The van der Waals surface area contributed by atoms with Crippen LogP contribution in [0.25, 0.3) is 32.2 Å². The standard InChI is InChI=1S/C52H50N8O7S/c1-29-33(34-21-23-43(55-47(34)51(65)66)60-27-26-31-8-5-10-35(38(31)28-60)49(63)57-52-54-39-12-3-4-15-42(39)68-52)9-7-14-41(29)67-32-19-16-30(17-20-32)18-24-44(61)53-40-13-6-11-36-46(58-59(2)48(36)40)37-22-25-45(62)56-50(37)64/h3-15,21,23,30,32,37H,16-20,22,24-28H2,1-2H3,(H,53,61)(H,65,66)(H,54,57,63)(H,56,62,64). The van der Waals surface area contributed by atoms with E-state index in [0.717, 1.165) is 75.5 Å². The number of aromatic carboxylic acids is 1. The highest BCUT2D eigenvalue weighted by atomic mass is 32.1. The summed E-state index contributed by atoms with van der Waals surface area (Å²) in [5.74, 6) is -1.06. The van der Waals surface area contributed by atoms with E-state index in [-0.39, 0.29) is 41.8 Å². The van der Waals surface area contributed by atoms with Crippen LogP contribution >= 0.6 is 11.3 Å². The van der Waals surface area contributed by atoms with Gasteiger partial charge >= 0.3 is 5.97 Å². The Morgan fingerprint density at radius 3 is 2.49 bits per heavy atom. The third-order valence-electron chi connectivity index (χ3n) is 13.6. The van der Waals surface area contributed by atoms with E-state index in [0.29, 0.717) is 77.5 Å². The van der Waals surface area contributed by atoms with Crippen molar-refractivity contribution in [2.75, 3.05) is 22.1 Å². The van der Waals surface area contributed by atoms with Crippen molar-refractivity contribution >= 4 is 78.7 Å². The summed E-state index contributed by atoms with van der Waals surface area (Å²) >= 11 is 1.42. The van der Waals surface area contributed by atoms with Gasteiger partial charge in [-0.15, -0.1) is 0 Å². The van der Waals surface area contributed by atoms with Gasteiger partial charge in [0, 0.05) is 49.5 Å². The first-order valence-electron chi connectivity index (χ1n) is 23.1. The molecule has 0 radical (unpaired) electrons. The Labute approximate surface area is 395 Å². The highest BCUT2D eigenvalue weighted by Gasteiger charge is 2.33. The number of pyridine rings is 1. The van der Waals surface area contributed by atoms with Crippen LogP contribution in [-0.2, 0) is 34.4 Å². The topological polar surface area (TPSA) is 198 Å². The van der Waals surface area contributed by atoms with Crippen LogP contribution in [-0.4, -0.2) is 67.1 Å². The molecule has 10 rings (SSSR count). The van der Waals surface area contributed by atoms with Gasteiger partial charge in [-0.05, 0) is 123 Å². The number of carbonyl (C=O) groups is 5. The summed E-state index contributed by atoms with van der Waals surface area (Å²) in [5.41, 5.74) is 7.26. The smallest absolute Gasteiger partial charge is 0.355 e. The molecule has 2 fully saturated rings. The zero-order valence-corrected chi connectivity index (χ0v) is 38.5. The second-order valence-corrected chi connectivity index (χ2v) is 18.9. The number of aromatic nitrogens is 4. The molecule has 16 heteroatoms. The van der Waals surface area contributed by atoms with Crippen molar-refractivity contribution in [2.24, 2.45) is 13.0 Å². The highest BCUT2D eigenvalue weighted by Crippen LogP contribution is 2.38. The number of ether oxygens (including phenoxy) is 1. The lowest BCUT2D eigenvalue weighted by Gasteiger charge is -2.31. The zero-order chi connectivity index (χ0) is 47.1. The molecule has 0 spiro atoms. The van der Waals surface area contributed by atoms with Crippen LogP contribution in [0.15, 0.2) is 91.0 Å². The van der Waals surface area contributed by atoms with Gasteiger partial charge in [0.25, 0.3) is 5.91 Å². The Morgan fingerprint density at radius 2 is 1.68 bits per heavy atom. The molecule has 1 aliphatic carbocycles. The molecule has 2 aliphatic heterocycles. The Morgan fingerprint density at radius 1 is 0.868 bits per heavy atom. The third kappa shape index (κ3) is 8.90. The van der Waals surface area contributed by atoms with Gasteiger partial charge in [-0.3, -0.25) is 34.5 Å². The number of anilines is 3. The maximum Gasteiger partial charge on any atom is 0.355 e. The number of thiazole rings is 1. The van der Waals surface area contributed by atoms with Crippen molar-refractivity contribution in [2.45, 2.75) is 83.3 Å². The van der Waals surface area contributed by atoms with Crippen LogP contribution in [0.4, 0.5) is 16.6 Å². The van der Waals surface area contributed by atoms with E-state index in [9.17, 15) is 29.1 Å². The Hall–Kier alpha value is -7.46. The van der Waals surface area contributed by atoms with Crippen LogP contribution in [0.5, 0.6) is 5.75 Å². The first kappa shape index (κ1) is 44.4. The second-order valence-electron chi connectivity index (χ2n) is 17.9. The van der Waals surface area contributed by atoms with Crippen molar-refractivity contribution in [3.05, 3.63) is 125 Å². The molecule has 1 saturated carbocycles. The number of carbonyl (C=O) groups excluding carboxylic acids is 4. The number of benzene rings is 4. The molecule has 3 aromatic heterocycles. The first-order chi connectivity index (χ1) is 33.0. The van der Waals surface area contributed by atoms with Gasteiger partial charge in [0.15, 0.2) is 10.8 Å². The summed E-state index contributed by atoms with van der Waals surface area (Å²) in [6, 6.07) is 28.4. The lowest BCUT2D eigenvalue weighted by molar-refractivity contribution is -0.134. The third-order valence-corrected chi connectivity index (χ3v) is 14.6. The molecule has 1 saturated heterocycles. The van der Waals surface area contributed by atoms with Gasteiger partial charge in [-0.25, -0.2) is 14.8 Å². The number of rotatable bonds is 12. The van der Waals surface area contributed by atoms with Gasteiger partial charge in [0.1, 0.15) is 11.6 Å². The average Bonchev–Trinajstić information content (AvgIpc) is 3.91. The fourth-order valence-electron chi connectivity index (χ4n) is 10.1. The molecule has 346 valence electrons. The SMILES string of the molecule is Cc1c(OC2CCC(CCC(=O)Nc3cccc4c(C5CCC(=O)NC5=O)nn(C)c34)CC2)cccc1-c1ccc(N2CCc3cccc(C(=O)Nc4nc5ccccc5s4)c3C2)nc1C(=O)O. The Balaban J connectivity index is 0.760. The number of fused-ring (bicyclic) bond motifs is 3. The second kappa shape index (κ2) is 18.7. The van der Waals surface area contributed by atoms with E-state index in [1.165, 1.54) is 11.3 Å². The van der Waals surface area contributed by atoms with Crippen LogP contribution in [0, 0.1) is 12.8 Å². The molecule has 15 nitrogen and oxygen atoms in total. The van der Waals surface area contributed by atoms with E-state index in [1.54, 1.807) is 11.7 Å². The Bertz CT molecular complexity index is 3120. The predicted molar refractivity (Wildman–Crippen MR) is 260 cm³/mol. The van der Waals surface area contributed by atoms with Crippen molar-refractivity contribution in [3.8, 4) is 16.9 Å². The number of carboxylic acid groups (broad SMARTS) is 1. The minimum Gasteiger partial charge on any atom is -0.490 e. The first-order valence-corrected chi connectivity index (χ1v) is 23.9. The maximum atomic E-state index is 13.6. The van der Waals surface area contributed by atoms with E-state index < -0.39 is 11.9 Å². The van der Waals surface area contributed by atoms with Gasteiger partial charge < -0.3 is 20.1 Å². The van der Waals surface area contributed by atoms with E-state index in [1.807, 2.05) is 103 Å². The molecule has 4 N–H and O–H groups in total. The van der Waals surface area contributed by atoms with E-state index >= 15 is 0 Å². The normalized spacial score (nSPS) is 18.3. The summed E-state index contributed by atoms with van der Waals surface area (Å²) in [6.45, 7) is 2.94. The van der Waals surface area contributed by atoms with Gasteiger partial charge in [-0.1, -0.05) is 59.9 Å². The Kier molecular flexibility index (Phi) is 12.2. The fourth-order valence-corrected chi connectivity index (χ4v) is 10.9. The number of hydrogen-bond acceptors (Lipinski definition) is 11. The number of hydrogen-bond donors (Lipinski definition) is 4. The number of nitrogens with one attached hydrogen (secondary N) is 3. The van der Waals surface area contributed by atoms with E-state index in [4.69, 9.17) is 9.72 Å². The van der Waals surface area contributed by atoms with Crippen molar-refractivity contribution in [3.63, 3.8) is 0 Å². The predicted octanol–water partition coefficient (Wildman–Crippen LogP) is 8.94. The van der Waals surface area contributed by atoms with Crippen molar-refractivity contribution in [1.82, 2.24) is 25.1 Å². The molecular weight excluding hydrogens is 881 g/mol. The van der Waals surface area contributed by atoms with Gasteiger partial charge in [0.2, 0.25) is 17.7 Å². The van der Waals surface area contributed by atoms with Crippen LogP contribution in [0.2, 0.25) is 0 Å². The van der Waals surface area contributed by atoms with Gasteiger partial charge in [0.05, 0.1) is 39.1 Å². The number of carboxylic acids is 1. The number of amides is 4. The average molecular weight is 931 g/mol. The molecule has 4 aromatic carbocycles. The zero-order valence-electron chi connectivity index (χ0n) is 37.7. The van der Waals surface area contributed by atoms with Crippen LogP contribution in [0.1, 0.15) is 101 Å². The minimum atomic E-state index is -1.14. The minimum absolute atomic E-state index is 0.0235. The molecular formula is C52H50N8O7S. The van der Waals surface area contributed by atoms with Crippen molar-refractivity contribution in [1.29, 1.82) is 0 Å². The lowest BCUT2D eigenvalue weighted by Crippen LogP contribution is -2.39. The number of aryl methyl sites for hydroxylation is 1. The molecule has 68 heavy (non-hydrogen) atoms. The number of imide groups is 1. The van der Waals surface area contributed by atoms with Crippen LogP contribution < -0.4 is 25.6 Å². The van der Waals surface area contributed by atoms with Crippen molar-refractivity contribution < 1.29 is 33.8 Å². The summed E-state index contributed by atoms with van der Waals surface area (Å²) in [5, 5.41) is 24.9. The molecule has 4 amide bonds. The summed E-state index contributed by atoms with van der Waals surface area (Å²) in [4.78, 5) is 75.5. The molecule has 5 heterocycles. The monoisotopic (exact) mass is 930 g/mol. The molecule has 7 aromatic rings. The number of para-hydroxylation sites is 2. The lowest BCUT2D eigenvalue weighted by atomic mass is 9.84. The van der Waals surface area contributed by atoms with E-state index in [2.05, 4.69) is 26.0 Å².